The summed E-state index contributed by atoms with van der Waals surface area (Å²) in [5.74, 6) is 0. The highest BCUT2D eigenvalue weighted by Gasteiger charge is 2.27. The van der Waals surface area contributed by atoms with Crippen molar-refractivity contribution in [3.05, 3.63) is 16.6 Å². The summed E-state index contributed by atoms with van der Waals surface area (Å²) < 4.78 is 0. The second-order valence-corrected chi connectivity index (χ2v) is 6.15. The fraction of sp³-hybridized carbons (Fsp3) is 0.800. The van der Waals surface area contributed by atoms with Crippen LogP contribution < -0.4 is 5.32 Å². The maximum atomic E-state index is 4.51. The van der Waals surface area contributed by atoms with Gasteiger partial charge in [-0.1, -0.05) is 46.0 Å². The Kier molecular flexibility index (Phi) is 7.52. The summed E-state index contributed by atoms with van der Waals surface area (Å²) in [6.45, 7) is 7.87. The van der Waals surface area contributed by atoms with Crippen LogP contribution in [0.4, 0.5) is 0 Å². The fourth-order valence-electron chi connectivity index (χ4n) is 2.25. The molecule has 1 unspecified atom stereocenters. The van der Waals surface area contributed by atoms with Crippen molar-refractivity contribution in [2.75, 3.05) is 6.54 Å². The zero-order chi connectivity index (χ0) is 13.3. The average molecular weight is 268 g/mol. The van der Waals surface area contributed by atoms with Gasteiger partial charge in [0.25, 0.3) is 0 Å². The van der Waals surface area contributed by atoms with Crippen LogP contribution in [0.2, 0.25) is 0 Å². The van der Waals surface area contributed by atoms with Gasteiger partial charge in [0.1, 0.15) is 5.01 Å². The Morgan fingerprint density at radius 1 is 1.17 bits per heavy atom. The molecule has 0 bridgehead atoms. The van der Waals surface area contributed by atoms with Crippen LogP contribution in [0.25, 0.3) is 0 Å². The first-order valence-electron chi connectivity index (χ1n) is 7.38. The number of hydrogen-bond donors (Lipinski definition) is 1. The molecule has 0 aliphatic heterocycles. The van der Waals surface area contributed by atoms with Gasteiger partial charge in [-0.15, -0.1) is 11.3 Å². The summed E-state index contributed by atoms with van der Waals surface area (Å²) in [6.07, 6.45) is 11.0. The number of aromatic nitrogens is 1. The Balaban J connectivity index is 2.45. The molecule has 0 aliphatic carbocycles. The van der Waals surface area contributed by atoms with E-state index in [4.69, 9.17) is 0 Å². The molecule has 0 aromatic carbocycles. The fourth-order valence-corrected chi connectivity index (χ4v) is 3.06. The normalized spacial score (nSPS) is 14.6. The minimum absolute atomic E-state index is 0.0798. The van der Waals surface area contributed by atoms with Crippen molar-refractivity contribution in [2.45, 2.75) is 71.3 Å². The molecule has 1 heterocycles. The number of unbranched alkanes of at least 4 members (excludes halogenated alkanes) is 4. The summed E-state index contributed by atoms with van der Waals surface area (Å²) in [6, 6.07) is 0. The van der Waals surface area contributed by atoms with E-state index in [0.717, 1.165) is 6.54 Å². The molecule has 2 nitrogen and oxygen atoms in total. The van der Waals surface area contributed by atoms with E-state index in [1.165, 1.54) is 50.0 Å². The van der Waals surface area contributed by atoms with Crippen LogP contribution in [0.15, 0.2) is 11.6 Å². The lowest BCUT2D eigenvalue weighted by Crippen LogP contribution is -2.39. The second-order valence-electron chi connectivity index (χ2n) is 5.26. The monoisotopic (exact) mass is 268 g/mol. The van der Waals surface area contributed by atoms with E-state index in [1.54, 1.807) is 11.3 Å². The number of nitrogens with zero attached hydrogens (tertiary/aromatic N) is 1. The van der Waals surface area contributed by atoms with Gasteiger partial charge in [0, 0.05) is 11.6 Å². The van der Waals surface area contributed by atoms with Gasteiger partial charge in [-0.05, 0) is 26.3 Å². The smallest absolute Gasteiger partial charge is 0.112 e. The molecule has 104 valence electrons. The lowest BCUT2D eigenvalue weighted by Gasteiger charge is -2.29. The molecule has 1 rings (SSSR count). The molecule has 1 aromatic rings. The third-order valence-corrected chi connectivity index (χ3v) is 4.49. The predicted molar refractivity (Wildman–Crippen MR) is 81.1 cm³/mol. The van der Waals surface area contributed by atoms with Crippen molar-refractivity contribution in [1.82, 2.24) is 10.3 Å². The van der Waals surface area contributed by atoms with Crippen molar-refractivity contribution in [2.24, 2.45) is 0 Å². The van der Waals surface area contributed by atoms with E-state index in [2.05, 4.69) is 36.5 Å². The van der Waals surface area contributed by atoms with E-state index in [0.29, 0.717) is 0 Å². The number of rotatable bonds is 10. The lowest BCUT2D eigenvalue weighted by molar-refractivity contribution is 0.325. The van der Waals surface area contributed by atoms with E-state index in [9.17, 15) is 0 Å². The first-order valence-corrected chi connectivity index (χ1v) is 8.26. The van der Waals surface area contributed by atoms with Crippen LogP contribution in [0.5, 0.6) is 0 Å². The van der Waals surface area contributed by atoms with Crippen molar-refractivity contribution < 1.29 is 0 Å². The maximum Gasteiger partial charge on any atom is 0.112 e. The Hall–Kier alpha value is -0.410. The summed E-state index contributed by atoms with van der Waals surface area (Å²) in [5.41, 5.74) is 0.0798. The molecule has 3 heteroatoms. The molecule has 0 fully saturated rings. The minimum Gasteiger partial charge on any atom is -0.306 e. The number of nitrogens with one attached hydrogen (secondary N) is 1. The Morgan fingerprint density at radius 3 is 2.56 bits per heavy atom. The maximum absolute atomic E-state index is 4.51. The Morgan fingerprint density at radius 2 is 1.94 bits per heavy atom. The molecule has 0 amide bonds. The van der Waals surface area contributed by atoms with Gasteiger partial charge in [0.15, 0.2) is 0 Å². The summed E-state index contributed by atoms with van der Waals surface area (Å²) in [7, 11) is 0. The molecule has 0 radical (unpaired) electrons. The highest BCUT2D eigenvalue weighted by Crippen LogP contribution is 2.28. The highest BCUT2D eigenvalue weighted by atomic mass is 32.1. The van der Waals surface area contributed by atoms with Gasteiger partial charge >= 0.3 is 0 Å². The van der Waals surface area contributed by atoms with Crippen molar-refractivity contribution in [1.29, 1.82) is 0 Å². The van der Waals surface area contributed by atoms with Crippen LogP contribution in [0.1, 0.15) is 70.7 Å². The van der Waals surface area contributed by atoms with E-state index < -0.39 is 0 Å². The third-order valence-electron chi connectivity index (χ3n) is 3.45. The van der Waals surface area contributed by atoms with Gasteiger partial charge in [0.05, 0.1) is 5.54 Å². The summed E-state index contributed by atoms with van der Waals surface area (Å²) >= 11 is 1.77. The predicted octanol–water partition coefficient (Wildman–Crippen LogP) is 4.72. The molecule has 0 spiro atoms. The molecule has 1 atom stereocenters. The standard InChI is InChI=1S/C15H28N2S/c1-4-6-7-8-9-10-15(3,17-11-5-2)14-16-12-13-18-14/h12-13,17H,4-11H2,1-3H3. The minimum atomic E-state index is 0.0798. The SMILES string of the molecule is CCCCCCCC(C)(NCCC)c1nccs1. The molecule has 0 saturated carbocycles. The Bertz CT molecular complexity index is 297. The van der Waals surface area contributed by atoms with Crippen molar-refractivity contribution >= 4 is 11.3 Å². The van der Waals surface area contributed by atoms with E-state index in [-0.39, 0.29) is 5.54 Å². The van der Waals surface area contributed by atoms with Gasteiger partial charge < -0.3 is 5.32 Å². The topological polar surface area (TPSA) is 24.9 Å². The van der Waals surface area contributed by atoms with Crippen LogP contribution in [-0.4, -0.2) is 11.5 Å². The largest absolute Gasteiger partial charge is 0.306 e. The molecule has 0 saturated heterocycles. The summed E-state index contributed by atoms with van der Waals surface area (Å²) in [4.78, 5) is 4.51. The van der Waals surface area contributed by atoms with E-state index >= 15 is 0 Å². The van der Waals surface area contributed by atoms with Gasteiger partial charge in [-0.25, -0.2) is 4.98 Å². The third kappa shape index (κ3) is 5.07. The van der Waals surface area contributed by atoms with Gasteiger partial charge in [-0.3, -0.25) is 0 Å². The first kappa shape index (κ1) is 15.6. The second kappa shape index (κ2) is 8.65. The molecule has 1 N–H and O–H groups in total. The zero-order valence-electron chi connectivity index (χ0n) is 12.2. The van der Waals surface area contributed by atoms with Crippen LogP contribution in [0, 0.1) is 0 Å². The molecular formula is C15H28N2S. The van der Waals surface area contributed by atoms with Gasteiger partial charge in [0.2, 0.25) is 0 Å². The lowest BCUT2D eigenvalue weighted by atomic mass is 9.94. The zero-order valence-corrected chi connectivity index (χ0v) is 13.0. The van der Waals surface area contributed by atoms with Crippen molar-refractivity contribution in [3.8, 4) is 0 Å². The quantitative estimate of drug-likeness (QED) is 0.621. The molecular weight excluding hydrogens is 240 g/mol. The van der Waals surface area contributed by atoms with Crippen molar-refractivity contribution in [3.63, 3.8) is 0 Å². The van der Waals surface area contributed by atoms with Crippen LogP contribution in [-0.2, 0) is 5.54 Å². The summed E-state index contributed by atoms with van der Waals surface area (Å²) in [5, 5.41) is 7.01. The highest BCUT2D eigenvalue weighted by molar-refractivity contribution is 7.09. The molecule has 0 aliphatic rings. The Labute approximate surface area is 116 Å². The van der Waals surface area contributed by atoms with Crippen LogP contribution in [0.3, 0.4) is 0 Å². The van der Waals surface area contributed by atoms with Crippen LogP contribution >= 0.6 is 11.3 Å². The molecule has 18 heavy (non-hydrogen) atoms. The van der Waals surface area contributed by atoms with Gasteiger partial charge in [-0.2, -0.15) is 0 Å². The number of thiazole rings is 1. The number of hydrogen-bond acceptors (Lipinski definition) is 3. The first-order chi connectivity index (χ1) is 8.73. The molecule has 1 aromatic heterocycles. The van der Waals surface area contributed by atoms with E-state index in [1.807, 2.05) is 6.20 Å². The average Bonchev–Trinajstić information content (AvgIpc) is 2.90.